The van der Waals surface area contributed by atoms with E-state index in [1.807, 2.05) is 0 Å². The van der Waals surface area contributed by atoms with E-state index in [2.05, 4.69) is 10.9 Å². The second-order valence-corrected chi connectivity index (χ2v) is 3.09. The molecule has 1 aliphatic heterocycles. The lowest BCUT2D eigenvalue weighted by atomic mass is 10.2. The number of hydrazine groups is 1. The van der Waals surface area contributed by atoms with Crippen LogP contribution in [0.4, 0.5) is 0 Å². The molecule has 0 bridgehead atoms. The molecule has 0 spiro atoms. The molecular formula is C10H14N2O3. The predicted molar refractivity (Wildman–Crippen MR) is 55.4 cm³/mol. The average molecular weight is 210 g/mol. The summed E-state index contributed by atoms with van der Waals surface area (Å²) in [6, 6.07) is 8.30. The molecule has 5 nitrogen and oxygen atoms in total. The van der Waals surface area contributed by atoms with Crippen molar-refractivity contribution in [3.8, 4) is 0 Å². The van der Waals surface area contributed by atoms with E-state index in [9.17, 15) is 4.79 Å². The Kier molecular flexibility index (Phi) is 4.76. The zero-order valence-electron chi connectivity index (χ0n) is 8.18. The summed E-state index contributed by atoms with van der Waals surface area (Å²) in [5.74, 6) is -0.879. The van der Waals surface area contributed by atoms with E-state index < -0.39 is 5.97 Å². The number of carboxylic acids is 1. The molecule has 0 aliphatic carbocycles. The zero-order valence-corrected chi connectivity index (χ0v) is 8.18. The Morgan fingerprint density at radius 1 is 1.20 bits per heavy atom. The molecule has 1 fully saturated rings. The minimum Gasteiger partial charge on any atom is -0.478 e. The molecule has 82 valence electrons. The highest BCUT2D eigenvalue weighted by Gasteiger charge is 2.07. The number of hydrogen-bond acceptors (Lipinski definition) is 4. The summed E-state index contributed by atoms with van der Waals surface area (Å²) in [4.78, 5) is 10.2. The van der Waals surface area contributed by atoms with E-state index in [0.29, 0.717) is 18.7 Å². The minimum atomic E-state index is -0.879. The standard InChI is InChI=1S/C7H6O2.C3H8N2O/c8-7(9)6-4-2-1-3-5-6;6-3-1-4-5-2-3/h1-5H,(H,8,9);3-6H,1-2H2. The number of rotatable bonds is 1. The van der Waals surface area contributed by atoms with Gasteiger partial charge in [0.15, 0.2) is 0 Å². The van der Waals surface area contributed by atoms with Gasteiger partial charge in [0.25, 0.3) is 0 Å². The minimum absolute atomic E-state index is 0.176. The van der Waals surface area contributed by atoms with Crippen molar-refractivity contribution in [2.24, 2.45) is 0 Å². The maximum absolute atomic E-state index is 10.2. The Morgan fingerprint density at radius 3 is 2.00 bits per heavy atom. The highest BCUT2D eigenvalue weighted by atomic mass is 16.4. The van der Waals surface area contributed by atoms with Gasteiger partial charge in [-0.2, -0.15) is 0 Å². The molecule has 1 saturated heterocycles. The molecule has 0 saturated carbocycles. The first kappa shape index (κ1) is 11.6. The highest BCUT2D eigenvalue weighted by molar-refractivity contribution is 5.87. The predicted octanol–water partition coefficient (Wildman–Crippen LogP) is -0.160. The maximum Gasteiger partial charge on any atom is 0.335 e. The van der Waals surface area contributed by atoms with Crippen molar-refractivity contribution in [1.29, 1.82) is 0 Å². The Labute approximate surface area is 87.7 Å². The van der Waals surface area contributed by atoms with E-state index in [0.717, 1.165) is 0 Å². The van der Waals surface area contributed by atoms with Crippen LogP contribution in [0.2, 0.25) is 0 Å². The van der Waals surface area contributed by atoms with E-state index >= 15 is 0 Å². The molecule has 1 aromatic carbocycles. The quantitative estimate of drug-likeness (QED) is 0.518. The third-order valence-electron chi connectivity index (χ3n) is 1.82. The van der Waals surface area contributed by atoms with Gasteiger partial charge < -0.3 is 10.2 Å². The van der Waals surface area contributed by atoms with E-state index in [1.54, 1.807) is 30.3 Å². The summed E-state index contributed by atoms with van der Waals surface area (Å²) in [6.45, 7) is 1.36. The second-order valence-electron chi connectivity index (χ2n) is 3.09. The fourth-order valence-corrected chi connectivity index (χ4v) is 1.03. The third kappa shape index (κ3) is 4.55. The molecule has 0 unspecified atom stereocenters. The smallest absolute Gasteiger partial charge is 0.335 e. The lowest BCUT2D eigenvalue weighted by Crippen LogP contribution is -2.21. The van der Waals surface area contributed by atoms with Crippen LogP contribution in [0.1, 0.15) is 10.4 Å². The molecule has 1 heterocycles. The van der Waals surface area contributed by atoms with Gasteiger partial charge in [-0.15, -0.1) is 0 Å². The lowest BCUT2D eigenvalue weighted by Gasteiger charge is -1.88. The Balaban J connectivity index is 0.000000162. The number of aromatic carboxylic acids is 1. The second kappa shape index (κ2) is 6.13. The van der Waals surface area contributed by atoms with Crippen LogP contribution < -0.4 is 10.9 Å². The van der Waals surface area contributed by atoms with Crippen molar-refractivity contribution >= 4 is 5.97 Å². The molecule has 0 amide bonds. The first-order valence-electron chi connectivity index (χ1n) is 4.62. The number of carbonyl (C=O) groups is 1. The largest absolute Gasteiger partial charge is 0.478 e. The van der Waals surface area contributed by atoms with Crippen molar-refractivity contribution in [1.82, 2.24) is 10.9 Å². The highest BCUT2D eigenvalue weighted by Crippen LogP contribution is 1.96. The molecular weight excluding hydrogens is 196 g/mol. The van der Waals surface area contributed by atoms with Crippen LogP contribution in [0.15, 0.2) is 30.3 Å². The van der Waals surface area contributed by atoms with Gasteiger partial charge in [-0.1, -0.05) is 18.2 Å². The Hall–Kier alpha value is -1.43. The van der Waals surface area contributed by atoms with Crippen LogP contribution in [-0.4, -0.2) is 35.4 Å². The topological polar surface area (TPSA) is 81.6 Å². The van der Waals surface area contributed by atoms with E-state index in [4.69, 9.17) is 10.2 Å². The van der Waals surface area contributed by atoms with Crippen LogP contribution in [0.3, 0.4) is 0 Å². The van der Waals surface area contributed by atoms with Gasteiger partial charge in [0.1, 0.15) is 0 Å². The number of nitrogens with one attached hydrogen (secondary N) is 2. The first-order chi connectivity index (χ1) is 7.20. The summed E-state index contributed by atoms with van der Waals surface area (Å²) < 4.78 is 0. The summed E-state index contributed by atoms with van der Waals surface area (Å²) in [6.07, 6.45) is -0.176. The average Bonchev–Trinajstić information content (AvgIpc) is 2.71. The Morgan fingerprint density at radius 2 is 1.73 bits per heavy atom. The van der Waals surface area contributed by atoms with Crippen LogP contribution in [0.25, 0.3) is 0 Å². The van der Waals surface area contributed by atoms with Crippen LogP contribution in [0, 0.1) is 0 Å². The fraction of sp³-hybridized carbons (Fsp3) is 0.300. The van der Waals surface area contributed by atoms with Gasteiger partial charge in [0.05, 0.1) is 11.7 Å². The van der Waals surface area contributed by atoms with Crippen molar-refractivity contribution in [2.75, 3.05) is 13.1 Å². The van der Waals surface area contributed by atoms with Gasteiger partial charge in [0.2, 0.25) is 0 Å². The van der Waals surface area contributed by atoms with Crippen LogP contribution >= 0.6 is 0 Å². The third-order valence-corrected chi connectivity index (χ3v) is 1.82. The number of benzene rings is 1. The zero-order chi connectivity index (χ0) is 11.1. The molecule has 5 heteroatoms. The van der Waals surface area contributed by atoms with Crippen LogP contribution in [-0.2, 0) is 0 Å². The number of aliphatic hydroxyl groups excluding tert-OH is 1. The van der Waals surface area contributed by atoms with E-state index in [-0.39, 0.29) is 6.10 Å². The fourth-order valence-electron chi connectivity index (χ4n) is 1.03. The molecule has 1 aliphatic rings. The summed E-state index contributed by atoms with van der Waals surface area (Å²) in [7, 11) is 0. The summed E-state index contributed by atoms with van der Waals surface area (Å²) >= 11 is 0. The van der Waals surface area contributed by atoms with Crippen molar-refractivity contribution in [2.45, 2.75) is 6.10 Å². The molecule has 4 N–H and O–H groups in total. The molecule has 0 atom stereocenters. The summed E-state index contributed by atoms with van der Waals surface area (Å²) in [5.41, 5.74) is 5.88. The molecule has 1 aromatic rings. The van der Waals surface area contributed by atoms with Crippen molar-refractivity contribution < 1.29 is 15.0 Å². The van der Waals surface area contributed by atoms with E-state index in [1.165, 1.54) is 0 Å². The lowest BCUT2D eigenvalue weighted by molar-refractivity contribution is 0.0697. The van der Waals surface area contributed by atoms with Gasteiger partial charge in [-0.05, 0) is 12.1 Å². The number of hydrogen-bond donors (Lipinski definition) is 4. The molecule has 0 aromatic heterocycles. The number of carboxylic acid groups (broad SMARTS) is 1. The first-order valence-corrected chi connectivity index (χ1v) is 4.62. The number of aliphatic hydroxyl groups is 1. The maximum atomic E-state index is 10.2. The Bertz CT molecular complexity index is 297. The van der Waals surface area contributed by atoms with Gasteiger partial charge in [-0.25, -0.2) is 4.79 Å². The molecule has 2 rings (SSSR count). The monoisotopic (exact) mass is 210 g/mol. The van der Waals surface area contributed by atoms with Crippen LogP contribution in [0.5, 0.6) is 0 Å². The van der Waals surface area contributed by atoms with Crippen molar-refractivity contribution in [3.63, 3.8) is 0 Å². The normalized spacial score (nSPS) is 15.5. The van der Waals surface area contributed by atoms with Crippen molar-refractivity contribution in [3.05, 3.63) is 35.9 Å². The SMILES string of the molecule is O=C(O)c1ccccc1.OC1CNNC1. The summed E-state index contributed by atoms with van der Waals surface area (Å²) in [5, 5.41) is 17.0. The number of β-amino-alcohol motifs (C(OH)–C–C–N with tert-alkyl or cyclic N) is 1. The molecule has 0 radical (unpaired) electrons. The van der Waals surface area contributed by atoms with Gasteiger partial charge in [-0.3, -0.25) is 10.9 Å². The molecule has 15 heavy (non-hydrogen) atoms. The van der Waals surface area contributed by atoms with Gasteiger partial charge in [0, 0.05) is 13.1 Å². The van der Waals surface area contributed by atoms with Gasteiger partial charge >= 0.3 is 5.97 Å².